The molecule has 4 heteroatoms. The normalized spacial score (nSPS) is 10.6. The van der Waals surface area contributed by atoms with Gasteiger partial charge in [-0.2, -0.15) is 0 Å². The minimum atomic E-state index is 0.747. The summed E-state index contributed by atoms with van der Waals surface area (Å²) >= 11 is 6.01. The molecule has 0 amide bonds. The maximum atomic E-state index is 6.01. The molecule has 2 aromatic rings. The van der Waals surface area contributed by atoms with Crippen molar-refractivity contribution in [3.63, 3.8) is 0 Å². The van der Waals surface area contributed by atoms with Crippen LogP contribution in [-0.2, 0) is 6.54 Å². The van der Waals surface area contributed by atoms with Gasteiger partial charge < -0.3 is 10.1 Å². The zero-order valence-electron chi connectivity index (χ0n) is 11.8. The average Bonchev–Trinajstić information content (AvgIpc) is 2.44. The van der Waals surface area contributed by atoms with Gasteiger partial charge in [0.05, 0.1) is 5.69 Å². The van der Waals surface area contributed by atoms with Gasteiger partial charge in [-0.3, -0.25) is 4.98 Å². The summed E-state index contributed by atoms with van der Waals surface area (Å²) in [7, 11) is 0. The van der Waals surface area contributed by atoms with Crippen LogP contribution in [0.25, 0.3) is 0 Å². The Labute approximate surface area is 124 Å². The van der Waals surface area contributed by atoms with E-state index in [-0.39, 0.29) is 0 Å². The van der Waals surface area contributed by atoms with E-state index < -0.39 is 0 Å². The molecular formula is C16H19ClN2O. The first kappa shape index (κ1) is 14.8. The van der Waals surface area contributed by atoms with E-state index in [0.29, 0.717) is 0 Å². The highest BCUT2D eigenvalue weighted by atomic mass is 35.5. The fourth-order valence-electron chi connectivity index (χ4n) is 1.83. The Morgan fingerprint density at radius 1 is 1.20 bits per heavy atom. The molecule has 106 valence electrons. The van der Waals surface area contributed by atoms with Gasteiger partial charge in [-0.05, 0) is 49.7 Å². The molecule has 0 radical (unpaired) electrons. The maximum absolute atomic E-state index is 6.01. The molecule has 2 rings (SSSR count). The first-order valence-electron chi connectivity index (χ1n) is 6.78. The van der Waals surface area contributed by atoms with Crippen LogP contribution in [0.3, 0.4) is 0 Å². The molecule has 1 aromatic carbocycles. The second-order valence-electron chi connectivity index (χ2n) is 4.67. The summed E-state index contributed by atoms with van der Waals surface area (Å²) in [5, 5.41) is 4.07. The summed E-state index contributed by atoms with van der Waals surface area (Å²) in [4.78, 5) is 4.32. The molecule has 0 saturated heterocycles. The van der Waals surface area contributed by atoms with Crippen molar-refractivity contribution < 1.29 is 4.74 Å². The summed E-state index contributed by atoms with van der Waals surface area (Å²) in [6, 6.07) is 9.44. The topological polar surface area (TPSA) is 34.1 Å². The summed E-state index contributed by atoms with van der Waals surface area (Å²) < 4.78 is 5.83. The number of rotatable bonds is 6. The number of halogens is 1. The van der Waals surface area contributed by atoms with E-state index in [9.17, 15) is 0 Å². The Kier molecular flexibility index (Phi) is 5.39. The zero-order valence-corrected chi connectivity index (χ0v) is 12.6. The SMILES string of the molecule is CCCNCc1cc(Oc2ccc(Cl)c(C)c2)ccn1. The third kappa shape index (κ3) is 4.22. The molecule has 0 unspecified atom stereocenters. The molecule has 1 aromatic heterocycles. The van der Waals surface area contributed by atoms with Crippen LogP contribution in [0.4, 0.5) is 0 Å². The van der Waals surface area contributed by atoms with Crippen molar-refractivity contribution in [1.29, 1.82) is 0 Å². The third-order valence-electron chi connectivity index (χ3n) is 2.89. The fraction of sp³-hybridized carbons (Fsp3) is 0.312. The van der Waals surface area contributed by atoms with Crippen molar-refractivity contribution in [2.75, 3.05) is 6.54 Å². The Balaban J connectivity index is 2.05. The van der Waals surface area contributed by atoms with E-state index in [2.05, 4.69) is 17.2 Å². The molecule has 0 saturated carbocycles. The number of benzene rings is 1. The van der Waals surface area contributed by atoms with E-state index in [0.717, 1.165) is 47.3 Å². The monoisotopic (exact) mass is 290 g/mol. The predicted molar refractivity (Wildman–Crippen MR) is 82.5 cm³/mol. The van der Waals surface area contributed by atoms with Crippen molar-refractivity contribution in [2.45, 2.75) is 26.8 Å². The molecule has 0 spiro atoms. The van der Waals surface area contributed by atoms with Crippen LogP contribution in [0, 0.1) is 6.92 Å². The lowest BCUT2D eigenvalue weighted by molar-refractivity contribution is 0.480. The molecule has 20 heavy (non-hydrogen) atoms. The fourth-order valence-corrected chi connectivity index (χ4v) is 1.94. The standard InChI is InChI=1S/C16H19ClN2O/c1-3-7-18-11-13-10-15(6-8-19-13)20-14-4-5-16(17)12(2)9-14/h4-6,8-10,18H,3,7,11H2,1-2H3. The lowest BCUT2D eigenvalue weighted by Crippen LogP contribution is -2.14. The molecule has 0 aliphatic rings. The number of aromatic nitrogens is 1. The first-order chi connectivity index (χ1) is 9.69. The maximum Gasteiger partial charge on any atom is 0.130 e. The van der Waals surface area contributed by atoms with E-state index in [1.54, 1.807) is 6.20 Å². The molecule has 0 bridgehead atoms. The van der Waals surface area contributed by atoms with Gasteiger partial charge in [0, 0.05) is 23.8 Å². The second-order valence-corrected chi connectivity index (χ2v) is 5.08. The lowest BCUT2D eigenvalue weighted by atomic mass is 10.2. The molecule has 1 N–H and O–H groups in total. The highest BCUT2D eigenvalue weighted by Gasteiger charge is 2.02. The number of nitrogens with one attached hydrogen (secondary N) is 1. The van der Waals surface area contributed by atoms with Crippen LogP contribution in [0.5, 0.6) is 11.5 Å². The van der Waals surface area contributed by atoms with Gasteiger partial charge in [0.1, 0.15) is 11.5 Å². The highest BCUT2D eigenvalue weighted by molar-refractivity contribution is 6.31. The Morgan fingerprint density at radius 3 is 2.75 bits per heavy atom. The van der Waals surface area contributed by atoms with Gasteiger partial charge in [0.25, 0.3) is 0 Å². The molecule has 1 heterocycles. The number of nitrogens with zero attached hydrogens (tertiary/aromatic N) is 1. The second kappa shape index (κ2) is 7.27. The van der Waals surface area contributed by atoms with Gasteiger partial charge in [-0.25, -0.2) is 0 Å². The van der Waals surface area contributed by atoms with E-state index in [1.807, 2.05) is 37.3 Å². The van der Waals surface area contributed by atoms with Crippen LogP contribution in [0.1, 0.15) is 24.6 Å². The van der Waals surface area contributed by atoms with Gasteiger partial charge in [0.2, 0.25) is 0 Å². The van der Waals surface area contributed by atoms with Gasteiger partial charge in [-0.1, -0.05) is 18.5 Å². The summed E-state index contributed by atoms with van der Waals surface area (Å²) in [5.74, 6) is 1.57. The third-order valence-corrected chi connectivity index (χ3v) is 3.31. The molecule has 0 aliphatic heterocycles. The lowest BCUT2D eigenvalue weighted by Gasteiger charge is -2.09. The predicted octanol–water partition coefficient (Wildman–Crippen LogP) is 4.34. The molecule has 0 aliphatic carbocycles. The van der Waals surface area contributed by atoms with Crippen molar-refractivity contribution in [3.05, 3.63) is 52.8 Å². The van der Waals surface area contributed by atoms with Crippen LogP contribution in [-0.4, -0.2) is 11.5 Å². The summed E-state index contributed by atoms with van der Waals surface area (Å²) in [5.41, 5.74) is 1.98. The first-order valence-corrected chi connectivity index (χ1v) is 7.16. The number of hydrogen-bond donors (Lipinski definition) is 1. The number of pyridine rings is 1. The number of ether oxygens (including phenoxy) is 1. The number of hydrogen-bond acceptors (Lipinski definition) is 3. The minimum absolute atomic E-state index is 0.747. The van der Waals surface area contributed by atoms with Crippen LogP contribution >= 0.6 is 11.6 Å². The van der Waals surface area contributed by atoms with Crippen molar-refractivity contribution in [1.82, 2.24) is 10.3 Å². The van der Waals surface area contributed by atoms with Gasteiger partial charge in [0.15, 0.2) is 0 Å². The zero-order chi connectivity index (χ0) is 14.4. The molecular weight excluding hydrogens is 272 g/mol. The Bertz CT molecular complexity index is 572. The summed E-state index contributed by atoms with van der Waals surface area (Å²) in [6.45, 7) is 5.85. The van der Waals surface area contributed by atoms with Crippen LogP contribution in [0.2, 0.25) is 5.02 Å². The van der Waals surface area contributed by atoms with Crippen molar-refractivity contribution in [2.24, 2.45) is 0 Å². The van der Waals surface area contributed by atoms with Crippen molar-refractivity contribution in [3.8, 4) is 11.5 Å². The average molecular weight is 291 g/mol. The van der Waals surface area contributed by atoms with E-state index >= 15 is 0 Å². The van der Waals surface area contributed by atoms with Crippen LogP contribution < -0.4 is 10.1 Å². The van der Waals surface area contributed by atoms with Gasteiger partial charge in [-0.15, -0.1) is 0 Å². The summed E-state index contributed by atoms with van der Waals surface area (Å²) in [6.07, 6.45) is 2.88. The number of aryl methyl sites for hydroxylation is 1. The molecule has 0 atom stereocenters. The minimum Gasteiger partial charge on any atom is -0.457 e. The van der Waals surface area contributed by atoms with E-state index in [1.165, 1.54) is 0 Å². The molecule has 0 fully saturated rings. The largest absolute Gasteiger partial charge is 0.457 e. The van der Waals surface area contributed by atoms with Gasteiger partial charge >= 0.3 is 0 Å². The van der Waals surface area contributed by atoms with Crippen LogP contribution in [0.15, 0.2) is 36.5 Å². The Morgan fingerprint density at radius 2 is 2.00 bits per heavy atom. The smallest absolute Gasteiger partial charge is 0.130 e. The highest BCUT2D eigenvalue weighted by Crippen LogP contribution is 2.25. The Hall–Kier alpha value is -1.58. The van der Waals surface area contributed by atoms with Crippen molar-refractivity contribution >= 4 is 11.6 Å². The van der Waals surface area contributed by atoms with E-state index in [4.69, 9.17) is 16.3 Å². The molecule has 3 nitrogen and oxygen atoms in total. The quantitative estimate of drug-likeness (QED) is 0.804.